The number of carbonyl (C=O) groups is 1. The molecule has 0 fully saturated rings. The molecule has 0 bridgehead atoms. The van der Waals surface area contributed by atoms with Crippen LogP contribution < -0.4 is 10.6 Å². The summed E-state index contributed by atoms with van der Waals surface area (Å²) in [7, 11) is 1.97. The third-order valence-corrected chi connectivity index (χ3v) is 1.73. The van der Waals surface area contributed by atoms with Crippen molar-refractivity contribution >= 4 is 5.91 Å². The van der Waals surface area contributed by atoms with Crippen LogP contribution in [0, 0.1) is 0 Å². The molecule has 0 saturated carbocycles. The molecule has 0 radical (unpaired) electrons. The highest BCUT2D eigenvalue weighted by Gasteiger charge is 1.91. The molecule has 1 amide bonds. The van der Waals surface area contributed by atoms with Gasteiger partial charge in [0, 0.05) is 13.5 Å². The van der Waals surface area contributed by atoms with Gasteiger partial charge in [-0.2, -0.15) is 0 Å². The quantitative estimate of drug-likeness (QED) is 0.619. The van der Waals surface area contributed by atoms with Crippen molar-refractivity contribution in [1.82, 2.24) is 10.6 Å². The molecular formula is C11H26N2O. The molecule has 0 aromatic heterocycles. The van der Waals surface area contributed by atoms with Gasteiger partial charge in [-0.3, -0.25) is 4.79 Å². The molecule has 0 rings (SSSR count). The molecule has 0 aliphatic carbocycles. The number of rotatable bonds is 7. The predicted molar refractivity (Wildman–Crippen MR) is 62.4 cm³/mol. The summed E-state index contributed by atoms with van der Waals surface area (Å²) < 4.78 is 0. The maximum atomic E-state index is 10.5. The molecule has 86 valence electrons. The van der Waals surface area contributed by atoms with Gasteiger partial charge in [0.25, 0.3) is 0 Å². The molecule has 0 aromatic rings. The smallest absolute Gasteiger partial charge is 0.216 e. The van der Waals surface area contributed by atoms with Crippen molar-refractivity contribution < 1.29 is 4.79 Å². The van der Waals surface area contributed by atoms with E-state index in [1.165, 1.54) is 19.3 Å². The molecule has 2 N–H and O–H groups in total. The maximum absolute atomic E-state index is 10.5. The summed E-state index contributed by atoms with van der Waals surface area (Å²) >= 11 is 0. The lowest BCUT2D eigenvalue weighted by molar-refractivity contribution is -0.118. The summed E-state index contributed by atoms with van der Waals surface area (Å²) in [6.07, 6.45) is 4.79. The molecule has 0 spiro atoms. The van der Waals surface area contributed by atoms with E-state index in [1.54, 1.807) is 6.92 Å². The van der Waals surface area contributed by atoms with Crippen LogP contribution in [0.4, 0.5) is 0 Å². The van der Waals surface area contributed by atoms with Gasteiger partial charge in [-0.25, -0.2) is 0 Å². The first-order valence-corrected chi connectivity index (χ1v) is 5.66. The molecule has 0 unspecified atom stereocenters. The van der Waals surface area contributed by atoms with Crippen LogP contribution >= 0.6 is 0 Å². The van der Waals surface area contributed by atoms with Gasteiger partial charge in [0.1, 0.15) is 0 Å². The molecule has 3 nitrogen and oxygen atoms in total. The zero-order valence-corrected chi connectivity index (χ0v) is 10.2. The minimum atomic E-state index is 0.0743. The summed E-state index contributed by atoms with van der Waals surface area (Å²) in [6, 6.07) is 0. The van der Waals surface area contributed by atoms with E-state index in [-0.39, 0.29) is 5.91 Å². The van der Waals surface area contributed by atoms with Crippen LogP contribution in [0.15, 0.2) is 0 Å². The lowest BCUT2D eigenvalue weighted by Crippen LogP contribution is -2.20. The number of hydrogen-bond donors (Lipinski definition) is 2. The fourth-order valence-corrected chi connectivity index (χ4v) is 1.04. The van der Waals surface area contributed by atoms with E-state index in [9.17, 15) is 4.79 Å². The highest BCUT2D eigenvalue weighted by atomic mass is 16.1. The first-order valence-electron chi connectivity index (χ1n) is 5.66. The second-order valence-electron chi connectivity index (χ2n) is 3.00. The molecule has 14 heavy (non-hydrogen) atoms. The summed E-state index contributed by atoms with van der Waals surface area (Å²) in [5.41, 5.74) is 0. The van der Waals surface area contributed by atoms with Gasteiger partial charge < -0.3 is 10.6 Å². The fourth-order valence-electron chi connectivity index (χ4n) is 1.04. The van der Waals surface area contributed by atoms with Crippen molar-refractivity contribution in [3.63, 3.8) is 0 Å². The molecule has 0 aliphatic rings. The minimum Gasteiger partial charge on any atom is -0.356 e. The molecule has 0 aromatic carbocycles. The average Bonchev–Trinajstić information content (AvgIpc) is 2.19. The van der Waals surface area contributed by atoms with Crippen molar-refractivity contribution in [3.05, 3.63) is 0 Å². The van der Waals surface area contributed by atoms with Gasteiger partial charge in [-0.1, -0.05) is 26.7 Å². The van der Waals surface area contributed by atoms with Gasteiger partial charge in [-0.05, 0) is 26.4 Å². The molecular weight excluding hydrogens is 176 g/mol. The summed E-state index contributed by atoms with van der Waals surface area (Å²) in [5.74, 6) is 0.0743. The highest BCUT2D eigenvalue weighted by molar-refractivity contribution is 5.72. The first-order chi connectivity index (χ1) is 6.77. The topological polar surface area (TPSA) is 41.1 Å². The number of hydrogen-bond acceptors (Lipinski definition) is 2. The number of unbranched alkanes of at least 4 members (excludes halogenated alkanes) is 3. The van der Waals surface area contributed by atoms with Crippen LogP contribution in [0.25, 0.3) is 0 Å². The molecule has 3 heteroatoms. The number of carbonyl (C=O) groups excluding carboxylic acids is 1. The van der Waals surface area contributed by atoms with Crippen LogP contribution in [-0.2, 0) is 4.79 Å². The Kier molecular flexibility index (Phi) is 16.9. The van der Waals surface area contributed by atoms with Crippen LogP contribution in [0.3, 0.4) is 0 Å². The molecule has 0 atom stereocenters. The summed E-state index contributed by atoms with van der Waals surface area (Å²) in [6.45, 7) is 7.48. The number of nitrogens with one attached hydrogen (secondary N) is 2. The van der Waals surface area contributed by atoms with E-state index in [4.69, 9.17) is 0 Å². The molecule has 0 saturated heterocycles. The van der Waals surface area contributed by atoms with Crippen molar-refractivity contribution in [2.45, 2.75) is 46.5 Å². The van der Waals surface area contributed by atoms with Crippen LogP contribution in [-0.4, -0.2) is 26.0 Å². The van der Waals surface area contributed by atoms with Gasteiger partial charge in [0.15, 0.2) is 0 Å². The van der Waals surface area contributed by atoms with Crippen LogP contribution in [0.5, 0.6) is 0 Å². The summed E-state index contributed by atoms with van der Waals surface area (Å²) in [4.78, 5) is 10.5. The second-order valence-corrected chi connectivity index (χ2v) is 3.00. The summed E-state index contributed by atoms with van der Waals surface area (Å²) in [5, 5.41) is 5.89. The van der Waals surface area contributed by atoms with Gasteiger partial charge in [0.05, 0.1) is 0 Å². The highest BCUT2D eigenvalue weighted by Crippen LogP contribution is 1.97. The molecule has 0 heterocycles. The SMILES string of the molecule is CC.CNCCCCCCNC(C)=O. The Labute approximate surface area is 88.7 Å². The van der Waals surface area contributed by atoms with E-state index in [2.05, 4.69) is 10.6 Å². The average molecular weight is 202 g/mol. The molecule has 0 aliphatic heterocycles. The maximum Gasteiger partial charge on any atom is 0.216 e. The Morgan fingerprint density at radius 3 is 1.93 bits per heavy atom. The number of amides is 1. The fraction of sp³-hybridized carbons (Fsp3) is 0.909. The Balaban J connectivity index is 0. The zero-order chi connectivity index (χ0) is 11.2. The third-order valence-electron chi connectivity index (χ3n) is 1.73. The first kappa shape index (κ1) is 15.9. The van der Waals surface area contributed by atoms with Crippen molar-refractivity contribution in [2.24, 2.45) is 0 Å². The predicted octanol–water partition coefficient (Wildman–Crippen LogP) is 1.93. The van der Waals surface area contributed by atoms with E-state index in [0.29, 0.717) is 0 Å². The largest absolute Gasteiger partial charge is 0.356 e. The van der Waals surface area contributed by atoms with Crippen molar-refractivity contribution in [2.75, 3.05) is 20.1 Å². The standard InChI is InChI=1S/C9H20N2O.C2H6/c1-9(12)11-8-6-4-3-5-7-10-2;1-2/h10H,3-8H2,1-2H3,(H,11,12);1-2H3. The van der Waals surface area contributed by atoms with Crippen LogP contribution in [0.2, 0.25) is 0 Å². The van der Waals surface area contributed by atoms with E-state index >= 15 is 0 Å². The normalized spacial score (nSPS) is 8.86. The van der Waals surface area contributed by atoms with Crippen molar-refractivity contribution in [3.8, 4) is 0 Å². The monoisotopic (exact) mass is 202 g/mol. The zero-order valence-electron chi connectivity index (χ0n) is 10.2. The van der Waals surface area contributed by atoms with Gasteiger partial charge in [-0.15, -0.1) is 0 Å². The van der Waals surface area contributed by atoms with E-state index in [1.807, 2.05) is 20.9 Å². The second kappa shape index (κ2) is 14.9. The Morgan fingerprint density at radius 2 is 1.50 bits per heavy atom. The Morgan fingerprint density at radius 1 is 1.00 bits per heavy atom. The van der Waals surface area contributed by atoms with Gasteiger partial charge >= 0.3 is 0 Å². The lowest BCUT2D eigenvalue weighted by Gasteiger charge is -2.01. The minimum absolute atomic E-state index is 0.0743. The lowest BCUT2D eigenvalue weighted by atomic mass is 10.2. The van der Waals surface area contributed by atoms with Gasteiger partial charge in [0.2, 0.25) is 5.91 Å². The van der Waals surface area contributed by atoms with E-state index < -0.39 is 0 Å². The van der Waals surface area contributed by atoms with Crippen LogP contribution in [0.1, 0.15) is 46.5 Å². The Hall–Kier alpha value is -0.570. The van der Waals surface area contributed by atoms with E-state index in [0.717, 1.165) is 19.5 Å². The Bertz CT molecular complexity index is 116. The third kappa shape index (κ3) is 17.5. The van der Waals surface area contributed by atoms with Crippen molar-refractivity contribution in [1.29, 1.82) is 0 Å².